The fourth-order valence-electron chi connectivity index (χ4n) is 5.18. The minimum absolute atomic E-state index is 0.0130. The van der Waals surface area contributed by atoms with Crippen LogP contribution in [0.3, 0.4) is 0 Å². The van der Waals surface area contributed by atoms with E-state index in [1.54, 1.807) is 31.4 Å². The second-order valence-electron chi connectivity index (χ2n) is 10.0. The molecule has 42 heavy (non-hydrogen) atoms. The molecule has 1 saturated heterocycles. The van der Waals surface area contributed by atoms with E-state index in [0.717, 1.165) is 11.1 Å². The Bertz CT molecular complexity index is 1860. The van der Waals surface area contributed by atoms with Crippen LogP contribution in [-0.2, 0) is 15.3 Å². The van der Waals surface area contributed by atoms with Crippen molar-refractivity contribution in [3.05, 3.63) is 118 Å². The molecule has 0 bridgehead atoms. The third-order valence-corrected chi connectivity index (χ3v) is 9.46. The zero-order valence-corrected chi connectivity index (χ0v) is 24.8. The van der Waals surface area contributed by atoms with Gasteiger partial charge in [0.2, 0.25) is 5.13 Å². The zero-order chi connectivity index (χ0) is 29.4. The lowest BCUT2D eigenvalue weighted by atomic mass is 9.93. The van der Waals surface area contributed by atoms with Gasteiger partial charge in [-0.2, -0.15) is 0 Å². The number of Topliss-reactive ketones (excluding diaryl/α,β-unsaturated/α-hetero) is 1. The Labute approximate surface area is 251 Å². The number of anilines is 1. The van der Waals surface area contributed by atoms with Gasteiger partial charge in [-0.3, -0.25) is 14.5 Å². The fourth-order valence-corrected chi connectivity index (χ4v) is 7.06. The quantitative estimate of drug-likeness (QED) is 0.0699. The average molecular weight is 594 g/mol. The lowest BCUT2D eigenvalue weighted by Gasteiger charge is -2.23. The van der Waals surface area contributed by atoms with E-state index in [1.807, 2.05) is 50.2 Å². The van der Waals surface area contributed by atoms with Crippen LogP contribution in [0.1, 0.15) is 33.9 Å². The van der Waals surface area contributed by atoms with Crippen LogP contribution in [0.5, 0.6) is 5.75 Å². The molecule has 0 aliphatic carbocycles. The third-order valence-electron chi connectivity index (χ3n) is 7.36. The number of fused-ring (bicyclic) bond motifs is 1. The molecule has 1 aliphatic rings. The molecular weight excluding hydrogens is 567 g/mol. The van der Waals surface area contributed by atoms with Crippen molar-refractivity contribution in [2.24, 2.45) is 0 Å². The summed E-state index contributed by atoms with van der Waals surface area (Å²) in [5.74, 6) is -0.441. The zero-order valence-electron chi connectivity index (χ0n) is 23.2. The van der Waals surface area contributed by atoms with Crippen molar-refractivity contribution in [2.75, 3.05) is 12.0 Å². The van der Waals surface area contributed by atoms with E-state index in [-0.39, 0.29) is 11.3 Å². The topological polar surface area (TPSA) is 92.6 Å². The number of methoxy groups -OCH3 is 1. The number of hydrogen-bond acceptors (Lipinski definition) is 8. The van der Waals surface area contributed by atoms with Gasteiger partial charge >= 0.3 is 5.91 Å². The molecule has 1 aliphatic heterocycles. The summed E-state index contributed by atoms with van der Waals surface area (Å²) in [5, 5.41) is 22.9. The normalized spacial score (nSPS) is 16.4. The van der Waals surface area contributed by atoms with Gasteiger partial charge in [0.25, 0.3) is 5.78 Å². The van der Waals surface area contributed by atoms with Crippen molar-refractivity contribution >= 4 is 56.5 Å². The minimum Gasteiger partial charge on any atom is -0.507 e. The number of aliphatic hydroxyl groups is 1. The first-order chi connectivity index (χ1) is 20.4. The SMILES string of the molecule is COc1ccc(C2C(=C(O)c3cc(C)ccc3C)C(=O)C(=O)N2c2nnc(SCc3cccc4ccccc34)s2)cc1. The second-order valence-corrected chi connectivity index (χ2v) is 12.2. The van der Waals surface area contributed by atoms with E-state index in [0.29, 0.717) is 32.1 Å². The Morgan fingerprint density at radius 1 is 0.976 bits per heavy atom. The highest BCUT2D eigenvalue weighted by atomic mass is 32.2. The highest BCUT2D eigenvalue weighted by molar-refractivity contribution is 8.00. The van der Waals surface area contributed by atoms with Gasteiger partial charge in [-0.15, -0.1) is 10.2 Å². The standard InChI is InChI=1S/C33H27N3O4S2/c1-19-11-12-20(2)26(17-19)29(37)27-28(22-13-15-24(40-3)16-14-22)36(31(39)30(27)38)32-34-35-33(42-32)41-18-23-9-6-8-21-7-4-5-10-25(21)23/h4-17,28,37H,18H2,1-3H3. The largest absolute Gasteiger partial charge is 0.507 e. The first kappa shape index (κ1) is 27.7. The molecule has 210 valence electrons. The van der Waals surface area contributed by atoms with Gasteiger partial charge in [0.1, 0.15) is 11.5 Å². The van der Waals surface area contributed by atoms with Crippen molar-refractivity contribution in [1.82, 2.24) is 10.2 Å². The number of hydrogen-bond donors (Lipinski definition) is 1. The number of benzene rings is 4. The first-order valence-electron chi connectivity index (χ1n) is 13.3. The van der Waals surface area contributed by atoms with E-state index in [1.165, 1.54) is 44.3 Å². The molecule has 1 fully saturated rings. The summed E-state index contributed by atoms with van der Waals surface area (Å²) < 4.78 is 5.99. The molecule has 1 atom stereocenters. The smallest absolute Gasteiger partial charge is 0.301 e. The maximum Gasteiger partial charge on any atom is 0.301 e. The number of nitrogens with zero attached hydrogens (tertiary/aromatic N) is 3. The fraction of sp³-hybridized carbons (Fsp3) is 0.152. The van der Waals surface area contributed by atoms with Crippen LogP contribution in [0.25, 0.3) is 16.5 Å². The second kappa shape index (κ2) is 11.4. The van der Waals surface area contributed by atoms with Gasteiger partial charge in [0, 0.05) is 11.3 Å². The summed E-state index contributed by atoms with van der Waals surface area (Å²) in [6, 6.07) is 26.3. The summed E-state index contributed by atoms with van der Waals surface area (Å²) >= 11 is 2.77. The molecule has 0 saturated carbocycles. The predicted molar refractivity (Wildman–Crippen MR) is 167 cm³/mol. The van der Waals surface area contributed by atoms with Gasteiger partial charge in [-0.05, 0) is 59.5 Å². The van der Waals surface area contributed by atoms with Crippen LogP contribution in [0, 0.1) is 13.8 Å². The number of aryl methyl sites for hydroxylation is 2. The van der Waals surface area contributed by atoms with Gasteiger partial charge < -0.3 is 9.84 Å². The van der Waals surface area contributed by atoms with E-state index in [2.05, 4.69) is 34.5 Å². The molecule has 1 aromatic heterocycles. The summed E-state index contributed by atoms with van der Waals surface area (Å²) in [6.45, 7) is 3.77. The van der Waals surface area contributed by atoms with Gasteiger partial charge in [-0.1, -0.05) is 95.4 Å². The lowest BCUT2D eigenvalue weighted by Crippen LogP contribution is -2.29. The number of ketones is 1. The van der Waals surface area contributed by atoms with E-state index in [9.17, 15) is 14.7 Å². The summed E-state index contributed by atoms with van der Waals surface area (Å²) in [7, 11) is 1.57. The van der Waals surface area contributed by atoms with Crippen molar-refractivity contribution in [3.63, 3.8) is 0 Å². The predicted octanol–water partition coefficient (Wildman–Crippen LogP) is 7.24. The average Bonchev–Trinajstić information content (AvgIpc) is 3.58. The Morgan fingerprint density at radius 2 is 1.74 bits per heavy atom. The lowest BCUT2D eigenvalue weighted by molar-refractivity contribution is -0.132. The van der Waals surface area contributed by atoms with Gasteiger partial charge in [-0.25, -0.2) is 0 Å². The number of aromatic nitrogens is 2. The molecule has 5 aromatic rings. The number of thioether (sulfide) groups is 1. The van der Waals surface area contributed by atoms with Crippen LogP contribution in [0.4, 0.5) is 5.13 Å². The van der Waals surface area contributed by atoms with Crippen LogP contribution in [-0.4, -0.2) is 34.1 Å². The van der Waals surface area contributed by atoms with Crippen LogP contribution in [0.2, 0.25) is 0 Å². The molecule has 9 heteroatoms. The molecule has 4 aromatic carbocycles. The molecule has 2 heterocycles. The molecule has 0 spiro atoms. The molecule has 6 rings (SSSR count). The molecule has 1 amide bonds. The van der Waals surface area contributed by atoms with Crippen LogP contribution < -0.4 is 9.64 Å². The van der Waals surface area contributed by atoms with E-state index >= 15 is 0 Å². The van der Waals surface area contributed by atoms with Crippen molar-refractivity contribution < 1.29 is 19.4 Å². The Kier molecular flexibility index (Phi) is 7.53. The Hall–Kier alpha value is -4.47. The highest BCUT2D eigenvalue weighted by Gasteiger charge is 2.48. The number of carbonyl (C=O) groups excluding carboxylic acids is 2. The molecular formula is C33H27N3O4S2. The summed E-state index contributed by atoms with van der Waals surface area (Å²) in [4.78, 5) is 28.5. The van der Waals surface area contributed by atoms with Crippen molar-refractivity contribution in [2.45, 2.75) is 30.0 Å². The molecule has 7 nitrogen and oxygen atoms in total. The molecule has 1 unspecified atom stereocenters. The van der Waals surface area contributed by atoms with E-state index in [4.69, 9.17) is 4.74 Å². The van der Waals surface area contributed by atoms with Crippen molar-refractivity contribution in [1.29, 1.82) is 0 Å². The Morgan fingerprint density at radius 3 is 2.52 bits per heavy atom. The van der Waals surface area contributed by atoms with Gasteiger partial charge in [0.15, 0.2) is 4.34 Å². The van der Waals surface area contributed by atoms with Crippen molar-refractivity contribution in [3.8, 4) is 5.75 Å². The number of rotatable bonds is 7. The number of amides is 1. The number of aliphatic hydroxyl groups excluding tert-OH is 1. The minimum atomic E-state index is -0.889. The number of ether oxygens (including phenoxy) is 1. The highest BCUT2D eigenvalue weighted by Crippen LogP contribution is 2.44. The summed E-state index contributed by atoms with van der Waals surface area (Å²) in [6.07, 6.45) is 0. The molecule has 0 radical (unpaired) electrons. The number of carbonyl (C=O) groups is 2. The maximum atomic E-state index is 13.6. The Balaban J connectivity index is 1.39. The monoisotopic (exact) mass is 593 g/mol. The van der Waals surface area contributed by atoms with Crippen LogP contribution in [0.15, 0.2) is 94.8 Å². The van der Waals surface area contributed by atoms with Gasteiger partial charge in [0.05, 0.1) is 18.7 Å². The third kappa shape index (κ3) is 5.06. The van der Waals surface area contributed by atoms with E-state index < -0.39 is 17.7 Å². The summed E-state index contributed by atoms with van der Waals surface area (Å²) in [5.41, 5.74) is 4.05. The van der Waals surface area contributed by atoms with Crippen LogP contribution >= 0.6 is 23.1 Å². The maximum absolute atomic E-state index is 13.6. The molecule has 1 N–H and O–H groups in total. The first-order valence-corrected chi connectivity index (χ1v) is 15.1.